The van der Waals surface area contributed by atoms with Gasteiger partial charge < -0.3 is 15.2 Å². The van der Waals surface area contributed by atoms with Crippen molar-refractivity contribution < 1.29 is 14.3 Å². The summed E-state index contributed by atoms with van der Waals surface area (Å²) in [7, 11) is 1.57. The molecule has 0 saturated heterocycles. The Kier molecular flexibility index (Phi) is 6.86. The van der Waals surface area contributed by atoms with E-state index in [0.717, 1.165) is 15.6 Å². The Balaban J connectivity index is 1.70. The first-order valence-corrected chi connectivity index (χ1v) is 9.60. The molecule has 3 aromatic carbocycles. The Morgan fingerprint density at radius 2 is 1.83 bits per heavy atom. The first-order chi connectivity index (χ1) is 14.1. The molecule has 3 aromatic rings. The van der Waals surface area contributed by atoms with Crippen molar-refractivity contribution in [2.24, 2.45) is 5.10 Å². The molecule has 0 saturated carbocycles. The van der Waals surface area contributed by atoms with Crippen LogP contribution in [-0.2, 0) is 6.61 Å². The van der Waals surface area contributed by atoms with E-state index in [9.17, 15) is 4.79 Å². The molecular weight excluding hydrogens is 434 g/mol. The molecular formula is C22H20BrN3O3. The molecule has 1 amide bonds. The maximum atomic E-state index is 12.2. The van der Waals surface area contributed by atoms with Gasteiger partial charge in [-0.25, -0.2) is 5.43 Å². The molecule has 0 atom stereocenters. The van der Waals surface area contributed by atoms with Crippen molar-refractivity contribution in [3.8, 4) is 11.5 Å². The number of carbonyl (C=O) groups excluding carboxylic acids is 1. The van der Waals surface area contributed by atoms with Gasteiger partial charge in [0.05, 0.1) is 18.9 Å². The van der Waals surface area contributed by atoms with Crippen LogP contribution in [0.5, 0.6) is 11.5 Å². The van der Waals surface area contributed by atoms with Crippen LogP contribution in [-0.4, -0.2) is 19.2 Å². The number of carbonyl (C=O) groups is 1. The van der Waals surface area contributed by atoms with Crippen molar-refractivity contribution in [1.29, 1.82) is 0 Å². The highest BCUT2D eigenvalue weighted by atomic mass is 79.9. The van der Waals surface area contributed by atoms with Gasteiger partial charge in [-0.15, -0.1) is 0 Å². The molecule has 3 rings (SSSR count). The largest absolute Gasteiger partial charge is 0.493 e. The molecule has 0 spiro atoms. The average Bonchev–Trinajstić information content (AvgIpc) is 2.74. The highest BCUT2D eigenvalue weighted by Crippen LogP contribution is 2.33. The van der Waals surface area contributed by atoms with Crippen LogP contribution in [0.25, 0.3) is 0 Å². The molecule has 6 nitrogen and oxygen atoms in total. The minimum Gasteiger partial charge on any atom is -0.493 e. The molecule has 0 aromatic heterocycles. The van der Waals surface area contributed by atoms with E-state index >= 15 is 0 Å². The summed E-state index contributed by atoms with van der Waals surface area (Å²) in [6, 6.07) is 20.2. The van der Waals surface area contributed by atoms with Crippen molar-refractivity contribution >= 4 is 33.7 Å². The smallest absolute Gasteiger partial charge is 0.273 e. The number of amides is 1. The van der Waals surface area contributed by atoms with Crippen molar-refractivity contribution in [3.05, 3.63) is 87.9 Å². The number of hydrogen-bond donors (Lipinski definition) is 2. The monoisotopic (exact) mass is 453 g/mol. The number of nitrogens with two attached hydrogens (primary N) is 1. The van der Waals surface area contributed by atoms with E-state index in [1.807, 2.05) is 30.3 Å². The van der Waals surface area contributed by atoms with Gasteiger partial charge in [0.25, 0.3) is 5.91 Å². The number of nitrogen functional groups attached to an aromatic ring is 1. The SMILES string of the molecule is COc1cc(/C=N/NC(=O)c2ccccc2N)c(Br)cc1OCc1ccccc1. The second kappa shape index (κ2) is 9.75. The van der Waals surface area contributed by atoms with E-state index in [1.54, 1.807) is 43.5 Å². The van der Waals surface area contributed by atoms with Gasteiger partial charge in [-0.2, -0.15) is 5.10 Å². The summed E-state index contributed by atoms with van der Waals surface area (Å²) in [4.78, 5) is 12.2. The van der Waals surface area contributed by atoms with Crippen LogP contribution in [0.3, 0.4) is 0 Å². The summed E-state index contributed by atoms with van der Waals surface area (Å²) in [5.41, 5.74) is 10.8. The first-order valence-electron chi connectivity index (χ1n) is 8.80. The van der Waals surface area contributed by atoms with Gasteiger partial charge in [0.1, 0.15) is 6.61 Å². The average molecular weight is 454 g/mol. The zero-order valence-corrected chi connectivity index (χ0v) is 17.3. The Morgan fingerprint density at radius 3 is 2.55 bits per heavy atom. The molecule has 0 radical (unpaired) electrons. The number of rotatable bonds is 7. The lowest BCUT2D eigenvalue weighted by Crippen LogP contribution is -2.19. The number of halogens is 1. The number of methoxy groups -OCH3 is 1. The van der Waals surface area contributed by atoms with E-state index in [0.29, 0.717) is 29.4 Å². The maximum Gasteiger partial charge on any atom is 0.273 e. The number of nitrogens with one attached hydrogen (secondary N) is 1. The molecule has 0 aliphatic rings. The molecule has 0 fully saturated rings. The Morgan fingerprint density at radius 1 is 1.10 bits per heavy atom. The van der Waals surface area contributed by atoms with Gasteiger partial charge in [0.15, 0.2) is 11.5 Å². The third-order valence-corrected chi connectivity index (χ3v) is 4.78. The van der Waals surface area contributed by atoms with Crippen LogP contribution in [0.2, 0.25) is 0 Å². The van der Waals surface area contributed by atoms with Crippen LogP contribution in [0.4, 0.5) is 5.69 Å². The molecule has 0 unspecified atom stereocenters. The quantitative estimate of drug-likeness (QED) is 0.315. The number of benzene rings is 3. The van der Waals surface area contributed by atoms with Crippen molar-refractivity contribution in [2.75, 3.05) is 12.8 Å². The molecule has 29 heavy (non-hydrogen) atoms. The summed E-state index contributed by atoms with van der Waals surface area (Å²) < 4.78 is 12.1. The fourth-order valence-corrected chi connectivity index (χ4v) is 3.01. The van der Waals surface area contributed by atoms with Crippen molar-refractivity contribution in [2.45, 2.75) is 6.61 Å². The van der Waals surface area contributed by atoms with Gasteiger partial charge in [-0.1, -0.05) is 42.5 Å². The standard InChI is InChI=1S/C22H20BrN3O3/c1-28-20-11-16(13-25-26-22(27)17-9-5-6-10-19(17)24)18(23)12-21(20)29-14-15-7-3-2-4-8-15/h2-13H,14,24H2,1H3,(H,26,27)/b25-13+. The van der Waals surface area contributed by atoms with Gasteiger partial charge in [-0.05, 0) is 45.8 Å². The second-order valence-corrected chi connectivity index (χ2v) is 6.94. The van der Waals surface area contributed by atoms with E-state index in [1.165, 1.54) is 6.21 Å². The van der Waals surface area contributed by atoms with Gasteiger partial charge in [-0.3, -0.25) is 4.79 Å². The van der Waals surface area contributed by atoms with Crippen LogP contribution >= 0.6 is 15.9 Å². The fraction of sp³-hybridized carbons (Fsp3) is 0.0909. The summed E-state index contributed by atoms with van der Waals surface area (Å²) >= 11 is 3.50. The van der Waals surface area contributed by atoms with Gasteiger partial charge >= 0.3 is 0 Å². The predicted molar refractivity (Wildman–Crippen MR) is 117 cm³/mol. The Bertz CT molecular complexity index is 1020. The predicted octanol–water partition coefficient (Wildman–Crippen LogP) is 4.38. The summed E-state index contributed by atoms with van der Waals surface area (Å²) in [6.45, 7) is 0.422. The summed E-state index contributed by atoms with van der Waals surface area (Å²) in [5, 5.41) is 4.01. The van der Waals surface area contributed by atoms with Crippen molar-refractivity contribution in [1.82, 2.24) is 5.43 Å². The number of hydrazone groups is 1. The first kappa shape index (κ1) is 20.4. The van der Waals surface area contributed by atoms with E-state index in [4.69, 9.17) is 15.2 Å². The van der Waals surface area contributed by atoms with Gasteiger partial charge in [0.2, 0.25) is 0 Å². The van der Waals surface area contributed by atoms with E-state index in [2.05, 4.69) is 26.5 Å². The minimum absolute atomic E-state index is 0.367. The second-order valence-electron chi connectivity index (χ2n) is 6.09. The highest BCUT2D eigenvalue weighted by molar-refractivity contribution is 9.10. The number of para-hydroxylation sites is 1. The maximum absolute atomic E-state index is 12.2. The molecule has 148 valence electrons. The van der Waals surface area contributed by atoms with Gasteiger partial charge in [0, 0.05) is 15.7 Å². The summed E-state index contributed by atoms with van der Waals surface area (Å²) in [6.07, 6.45) is 1.52. The number of nitrogens with zero attached hydrogens (tertiary/aromatic N) is 1. The lowest BCUT2D eigenvalue weighted by atomic mass is 10.2. The molecule has 7 heteroatoms. The van der Waals surface area contributed by atoms with E-state index < -0.39 is 0 Å². The number of anilines is 1. The number of ether oxygens (including phenoxy) is 2. The Labute approximate surface area is 177 Å². The lowest BCUT2D eigenvalue weighted by molar-refractivity contribution is 0.0956. The fourth-order valence-electron chi connectivity index (χ4n) is 2.58. The van der Waals surface area contributed by atoms with E-state index in [-0.39, 0.29) is 5.91 Å². The third kappa shape index (κ3) is 5.36. The summed E-state index contributed by atoms with van der Waals surface area (Å²) in [5.74, 6) is 0.774. The molecule has 0 heterocycles. The topological polar surface area (TPSA) is 85.9 Å². The Hall–Kier alpha value is -3.32. The normalized spacial score (nSPS) is 10.7. The number of hydrogen-bond acceptors (Lipinski definition) is 5. The molecule has 3 N–H and O–H groups in total. The lowest BCUT2D eigenvalue weighted by Gasteiger charge is -2.12. The van der Waals surface area contributed by atoms with Crippen LogP contribution in [0, 0.1) is 0 Å². The zero-order chi connectivity index (χ0) is 20.6. The molecule has 0 aliphatic heterocycles. The van der Waals surface area contributed by atoms with Crippen LogP contribution < -0.4 is 20.6 Å². The molecule has 0 bridgehead atoms. The third-order valence-electron chi connectivity index (χ3n) is 4.10. The minimum atomic E-state index is -0.384. The van der Waals surface area contributed by atoms with Crippen molar-refractivity contribution in [3.63, 3.8) is 0 Å². The zero-order valence-electron chi connectivity index (χ0n) is 15.8. The highest BCUT2D eigenvalue weighted by Gasteiger charge is 2.11. The molecule has 0 aliphatic carbocycles. The van der Waals surface area contributed by atoms with Crippen LogP contribution in [0.1, 0.15) is 21.5 Å². The van der Waals surface area contributed by atoms with Crippen LogP contribution in [0.15, 0.2) is 76.3 Å².